The van der Waals surface area contributed by atoms with Gasteiger partial charge in [-0.15, -0.1) is 0 Å². The van der Waals surface area contributed by atoms with Gasteiger partial charge >= 0.3 is 0 Å². The van der Waals surface area contributed by atoms with Crippen molar-refractivity contribution in [3.05, 3.63) is 192 Å². The van der Waals surface area contributed by atoms with Crippen LogP contribution in [-0.4, -0.2) is 25.8 Å². The van der Waals surface area contributed by atoms with Crippen molar-refractivity contribution in [1.82, 2.24) is 14.1 Å². The van der Waals surface area contributed by atoms with E-state index < -0.39 is 6.17 Å². The Hall–Kier alpha value is -6.79. The van der Waals surface area contributed by atoms with Crippen LogP contribution in [0.5, 0.6) is 0 Å². The molecule has 1 atom stereocenters. The van der Waals surface area contributed by atoms with Gasteiger partial charge in [0.05, 0.1) is 39.8 Å². The van der Waals surface area contributed by atoms with Gasteiger partial charge in [0.15, 0.2) is 0 Å². The largest absolute Gasteiger partial charge is 0.437 e. The summed E-state index contributed by atoms with van der Waals surface area (Å²) >= 11 is 0. The third-order valence-corrected chi connectivity index (χ3v) is 9.50. The molecule has 0 radical (unpaired) electrons. The van der Waals surface area contributed by atoms with Gasteiger partial charge in [-0.25, -0.2) is 4.98 Å². The highest BCUT2D eigenvalue weighted by atomic mass is 15.2. The SMILES string of the molecule is c1ccc(C2=NC(c3cccc(-n4c5ccccc5c5ccc6c7ccccc7n(-c7ccccc7)c6c54)n3)[N-]C(c3ccccc3)=N2)cc1. The Bertz CT molecular complexity index is 2780. The fraction of sp³-hybridized carbons (Fsp3) is 0.0227. The lowest BCUT2D eigenvalue weighted by molar-refractivity contribution is 0.826. The lowest BCUT2D eigenvalue weighted by Crippen LogP contribution is -2.17. The quantitative estimate of drug-likeness (QED) is 0.184. The first kappa shape index (κ1) is 28.2. The maximum absolute atomic E-state index is 5.36. The fourth-order valence-electron chi connectivity index (χ4n) is 7.30. The number of fused-ring (bicyclic) bond motifs is 7. The molecular formula is C44H29N6-. The summed E-state index contributed by atoms with van der Waals surface area (Å²) in [5.41, 5.74) is 8.24. The van der Waals surface area contributed by atoms with E-state index in [1.54, 1.807) is 0 Å². The number of hydrogen-bond donors (Lipinski definition) is 0. The summed E-state index contributed by atoms with van der Waals surface area (Å²) in [6, 6.07) is 58.7. The topological polar surface area (TPSA) is 61.6 Å². The molecular weight excluding hydrogens is 613 g/mol. The van der Waals surface area contributed by atoms with E-state index in [4.69, 9.17) is 20.3 Å². The molecule has 0 saturated heterocycles. The van der Waals surface area contributed by atoms with Crippen LogP contribution in [0.2, 0.25) is 0 Å². The smallest absolute Gasteiger partial charge is 0.138 e. The summed E-state index contributed by atoms with van der Waals surface area (Å²) in [6.45, 7) is 0. The van der Waals surface area contributed by atoms with Crippen LogP contribution in [0, 0.1) is 0 Å². The first-order valence-electron chi connectivity index (χ1n) is 16.8. The molecule has 6 nitrogen and oxygen atoms in total. The lowest BCUT2D eigenvalue weighted by Gasteiger charge is -2.32. The van der Waals surface area contributed by atoms with Crippen LogP contribution in [0.15, 0.2) is 180 Å². The molecule has 0 spiro atoms. The molecule has 0 N–H and O–H groups in total. The Morgan fingerprint density at radius 3 is 1.70 bits per heavy atom. The number of para-hydroxylation sites is 3. The number of benzene rings is 6. The van der Waals surface area contributed by atoms with Crippen LogP contribution >= 0.6 is 0 Å². The second kappa shape index (κ2) is 11.4. The fourth-order valence-corrected chi connectivity index (χ4v) is 7.30. The number of amidine groups is 2. The van der Waals surface area contributed by atoms with E-state index >= 15 is 0 Å². The molecule has 0 saturated carbocycles. The molecule has 0 fully saturated rings. The van der Waals surface area contributed by atoms with Gasteiger partial charge in [0, 0.05) is 27.2 Å². The number of pyridine rings is 1. The summed E-state index contributed by atoms with van der Waals surface area (Å²) in [6.07, 6.45) is -0.568. The maximum atomic E-state index is 5.36. The standard InChI is InChI=1S/C44H29N6/c1-4-15-29(16-5-1)42-46-43(30-17-6-2-7-18-30)48-44(47-42)36-23-14-26-39(45-36)50-38-25-13-11-22-33(38)35-28-27-34-32-21-10-12-24-37(32)49(40(34)41(35)50)31-19-8-3-9-20-31/h1-28,44H/q-1. The van der Waals surface area contributed by atoms with E-state index in [-0.39, 0.29) is 0 Å². The maximum Gasteiger partial charge on any atom is 0.138 e. The number of aromatic nitrogens is 3. The summed E-state index contributed by atoms with van der Waals surface area (Å²) in [5.74, 6) is 2.09. The molecule has 1 aliphatic heterocycles. The monoisotopic (exact) mass is 641 g/mol. The molecule has 6 aromatic carbocycles. The van der Waals surface area contributed by atoms with Crippen LogP contribution in [0.4, 0.5) is 0 Å². The molecule has 236 valence electrons. The molecule has 1 unspecified atom stereocenters. The summed E-state index contributed by atoms with van der Waals surface area (Å²) in [5, 5.41) is 9.81. The van der Waals surface area contributed by atoms with Crippen molar-refractivity contribution < 1.29 is 0 Å². The zero-order chi connectivity index (χ0) is 33.0. The minimum atomic E-state index is -0.568. The number of aliphatic imine (C=N–C) groups is 2. The van der Waals surface area contributed by atoms with E-state index in [1.165, 1.54) is 21.5 Å². The first-order valence-corrected chi connectivity index (χ1v) is 16.8. The lowest BCUT2D eigenvalue weighted by atomic mass is 10.1. The van der Waals surface area contributed by atoms with Crippen LogP contribution in [0.25, 0.3) is 60.4 Å². The molecule has 6 heteroatoms. The van der Waals surface area contributed by atoms with Crippen molar-refractivity contribution in [2.75, 3.05) is 0 Å². The van der Waals surface area contributed by atoms with Crippen molar-refractivity contribution >= 4 is 55.3 Å². The Balaban J connectivity index is 1.22. The van der Waals surface area contributed by atoms with Crippen LogP contribution in [0.3, 0.4) is 0 Å². The second-order valence-corrected chi connectivity index (χ2v) is 12.4. The predicted molar refractivity (Wildman–Crippen MR) is 205 cm³/mol. The van der Waals surface area contributed by atoms with Gasteiger partial charge in [-0.3, -0.25) is 9.56 Å². The predicted octanol–water partition coefficient (Wildman–Crippen LogP) is 10.6. The Labute approximate surface area is 288 Å². The molecule has 0 amide bonds. The number of hydrogen-bond acceptors (Lipinski definition) is 3. The van der Waals surface area contributed by atoms with Crippen molar-refractivity contribution in [1.29, 1.82) is 0 Å². The molecule has 1 aliphatic rings. The van der Waals surface area contributed by atoms with Gasteiger partial charge in [-0.05, 0) is 47.5 Å². The van der Waals surface area contributed by atoms with Gasteiger partial charge in [0.25, 0.3) is 0 Å². The Kier molecular flexibility index (Phi) is 6.45. The molecule has 50 heavy (non-hydrogen) atoms. The van der Waals surface area contributed by atoms with E-state index in [1.807, 2.05) is 66.7 Å². The zero-order valence-electron chi connectivity index (χ0n) is 26.9. The number of nitrogens with zero attached hydrogens (tertiary/aromatic N) is 6. The highest BCUT2D eigenvalue weighted by Crippen LogP contribution is 2.41. The summed E-state index contributed by atoms with van der Waals surface area (Å²) < 4.78 is 4.70. The van der Waals surface area contributed by atoms with Gasteiger partial charge in [-0.2, -0.15) is 0 Å². The Morgan fingerprint density at radius 2 is 1.02 bits per heavy atom. The van der Waals surface area contributed by atoms with Crippen LogP contribution in [-0.2, 0) is 0 Å². The Morgan fingerprint density at radius 1 is 0.460 bits per heavy atom. The third-order valence-electron chi connectivity index (χ3n) is 9.50. The van der Waals surface area contributed by atoms with Crippen molar-refractivity contribution in [3.8, 4) is 11.5 Å². The summed E-state index contributed by atoms with van der Waals surface area (Å²) in [4.78, 5) is 15.3. The molecule has 0 bridgehead atoms. The van der Waals surface area contributed by atoms with E-state index in [0.717, 1.165) is 50.4 Å². The molecule has 3 aromatic heterocycles. The van der Waals surface area contributed by atoms with Gasteiger partial charge < -0.3 is 14.9 Å². The third kappa shape index (κ3) is 4.46. The van der Waals surface area contributed by atoms with E-state index in [9.17, 15) is 0 Å². The van der Waals surface area contributed by atoms with E-state index in [2.05, 4.69) is 112 Å². The number of rotatable bonds is 5. The minimum Gasteiger partial charge on any atom is -0.437 e. The average molecular weight is 642 g/mol. The zero-order valence-corrected chi connectivity index (χ0v) is 26.9. The normalized spacial score (nSPS) is 14.6. The molecule has 9 aromatic rings. The molecule has 10 rings (SSSR count). The highest BCUT2D eigenvalue weighted by Gasteiger charge is 2.22. The van der Waals surface area contributed by atoms with Crippen LogP contribution < -0.4 is 0 Å². The van der Waals surface area contributed by atoms with Crippen LogP contribution in [0.1, 0.15) is 23.0 Å². The molecule has 4 heterocycles. The average Bonchev–Trinajstić information content (AvgIpc) is 3.72. The van der Waals surface area contributed by atoms with Gasteiger partial charge in [0.2, 0.25) is 0 Å². The van der Waals surface area contributed by atoms with Gasteiger partial charge in [0.1, 0.15) is 5.82 Å². The van der Waals surface area contributed by atoms with E-state index in [0.29, 0.717) is 11.7 Å². The summed E-state index contributed by atoms with van der Waals surface area (Å²) in [7, 11) is 0. The van der Waals surface area contributed by atoms with Crippen molar-refractivity contribution in [2.45, 2.75) is 6.17 Å². The minimum absolute atomic E-state index is 0.568. The van der Waals surface area contributed by atoms with Crippen molar-refractivity contribution in [3.63, 3.8) is 0 Å². The highest BCUT2D eigenvalue weighted by molar-refractivity contribution is 6.24. The second-order valence-electron chi connectivity index (χ2n) is 12.4. The molecule has 0 aliphatic carbocycles. The first-order chi connectivity index (χ1) is 24.8. The van der Waals surface area contributed by atoms with Crippen molar-refractivity contribution in [2.24, 2.45) is 9.98 Å². The van der Waals surface area contributed by atoms with Gasteiger partial charge in [-0.1, -0.05) is 139 Å².